The molecule has 0 saturated heterocycles. The van der Waals surface area contributed by atoms with Crippen molar-refractivity contribution >= 4 is 58.4 Å². The van der Waals surface area contributed by atoms with Crippen LogP contribution in [0.1, 0.15) is 94.6 Å². The van der Waals surface area contributed by atoms with Gasteiger partial charge in [-0.05, 0) is 172 Å². The first-order valence-corrected chi connectivity index (χ1v) is 24.6. The second kappa shape index (κ2) is 17.5. The van der Waals surface area contributed by atoms with E-state index in [1.807, 2.05) is 6.20 Å². The molecule has 0 bridgehead atoms. The molecule has 0 radical (unpaired) electrons. The van der Waals surface area contributed by atoms with Crippen LogP contribution in [0.4, 0.5) is 34.1 Å². The van der Waals surface area contributed by atoms with Gasteiger partial charge in [0.15, 0.2) is 0 Å². The normalized spacial score (nSPS) is 13.8. The Morgan fingerprint density at radius 3 is 1.04 bits per heavy atom. The fourth-order valence-electron chi connectivity index (χ4n) is 11.0. The number of pyridine rings is 1. The second-order valence-electron chi connectivity index (χ2n) is 20.3. The summed E-state index contributed by atoms with van der Waals surface area (Å²) in [6, 6.07) is 66.8. The van der Waals surface area contributed by atoms with Gasteiger partial charge in [0.25, 0.3) is 0 Å². The van der Waals surface area contributed by atoms with Gasteiger partial charge >= 0.3 is 0 Å². The molecule has 0 spiro atoms. The van der Waals surface area contributed by atoms with Crippen molar-refractivity contribution in [3.05, 3.63) is 255 Å². The number of benzene rings is 8. The van der Waals surface area contributed by atoms with E-state index < -0.39 is 0 Å². The van der Waals surface area contributed by atoms with Gasteiger partial charge in [0.2, 0.25) is 0 Å². The zero-order chi connectivity index (χ0) is 48.3. The van der Waals surface area contributed by atoms with Crippen LogP contribution in [0, 0.1) is 27.7 Å². The van der Waals surface area contributed by atoms with Crippen molar-refractivity contribution in [1.82, 2.24) is 4.98 Å². The lowest BCUT2D eigenvalue weighted by atomic mass is 9.81. The number of fused-ring (bicyclic) bond motifs is 6. The first kappa shape index (κ1) is 44.5. The standard InChI is InChI=1S/C67H59N3/c1-44-17-9-13-21-62(44)69(63-22-14-10-18-45(63)2)52-33-37-56-54-35-29-48(39-58(54)66(5,6)60(56)41-52)25-26-50-28-32-51(68-43-50)31-27-49-30-36-55-57-38-34-53(42-61(57)67(7,8)59(55)40-49)70(64-23-15-11-19-46(64)3)65-24-16-12-20-47(65)4/h9-43H,1-8H3. The molecule has 1 aromatic heterocycles. The van der Waals surface area contributed by atoms with E-state index in [1.165, 1.54) is 112 Å². The van der Waals surface area contributed by atoms with E-state index in [0.717, 1.165) is 11.3 Å². The Morgan fingerprint density at radius 2 is 0.671 bits per heavy atom. The molecular formula is C67H59N3. The lowest BCUT2D eigenvalue weighted by molar-refractivity contribution is 0.660. The van der Waals surface area contributed by atoms with Crippen LogP contribution in [-0.2, 0) is 10.8 Å². The summed E-state index contributed by atoms with van der Waals surface area (Å²) in [4.78, 5) is 9.70. The molecule has 342 valence electrons. The highest BCUT2D eigenvalue weighted by Gasteiger charge is 2.38. The second-order valence-corrected chi connectivity index (χ2v) is 20.3. The van der Waals surface area contributed by atoms with Crippen LogP contribution in [-0.4, -0.2) is 4.98 Å². The number of hydrogen-bond donors (Lipinski definition) is 0. The minimum atomic E-state index is -0.173. The molecule has 2 aliphatic rings. The van der Waals surface area contributed by atoms with Crippen LogP contribution in [0.15, 0.2) is 188 Å². The predicted octanol–water partition coefficient (Wildman–Crippen LogP) is 18.2. The van der Waals surface area contributed by atoms with E-state index in [2.05, 4.69) is 271 Å². The summed E-state index contributed by atoms with van der Waals surface area (Å²) in [6.07, 6.45) is 10.7. The number of hydrogen-bond acceptors (Lipinski definition) is 3. The Labute approximate surface area is 414 Å². The summed E-state index contributed by atoms with van der Waals surface area (Å²) >= 11 is 0. The van der Waals surface area contributed by atoms with Gasteiger partial charge in [0.1, 0.15) is 0 Å². The first-order valence-electron chi connectivity index (χ1n) is 24.6. The number of rotatable bonds is 10. The van der Waals surface area contributed by atoms with Gasteiger partial charge in [-0.25, -0.2) is 0 Å². The van der Waals surface area contributed by atoms with Gasteiger partial charge < -0.3 is 9.80 Å². The average molecular weight is 906 g/mol. The molecule has 11 rings (SSSR count). The molecule has 9 aromatic rings. The lowest BCUT2D eigenvalue weighted by Crippen LogP contribution is -2.17. The Hall–Kier alpha value is -8.01. The topological polar surface area (TPSA) is 19.4 Å². The van der Waals surface area contributed by atoms with Crippen LogP contribution in [0.25, 0.3) is 46.6 Å². The molecule has 0 unspecified atom stereocenters. The van der Waals surface area contributed by atoms with Crippen LogP contribution in [0.5, 0.6) is 0 Å². The zero-order valence-corrected chi connectivity index (χ0v) is 41.5. The van der Waals surface area contributed by atoms with Crippen LogP contribution >= 0.6 is 0 Å². The quantitative estimate of drug-likeness (QED) is 0.136. The maximum Gasteiger partial charge on any atom is 0.0630 e. The highest BCUT2D eigenvalue weighted by atomic mass is 15.2. The zero-order valence-electron chi connectivity index (χ0n) is 41.5. The summed E-state index contributed by atoms with van der Waals surface area (Å²) in [7, 11) is 0. The highest BCUT2D eigenvalue weighted by Crippen LogP contribution is 2.53. The molecule has 0 fully saturated rings. The van der Waals surface area contributed by atoms with Crippen molar-refractivity contribution in [1.29, 1.82) is 0 Å². The molecular weight excluding hydrogens is 847 g/mol. The van der Waals surface area contributed by atoms with Gasteiger partial charge in [0, 0.05) is 51.2 Å². The van der Waals surface area contributed by atoms with Gasteiger partial charge in [-0.3, -0.25) is 4.98 Å². The molecule has 1 heterocycles. The molecule has 70 heavy (non-hydrogen) atoms. The van der Waals surface area contributed by atoms with Crippen LogP contribution in [0.3, 0.4) is 0 Å². The SMILES string of the molecule is Cc1ccccc1N(c1ccc2c(c1)C(C)(C)c1cc(C=Cc3ccc(C=Cc4ccc5c(c4)C(C)(C)c4cc(N(c6ccccc6C)c6ccccc6C)ccc4-5)nc3)ccc1-2)c1ccccc1C. The Bertz CT molecular complexity index is 3220. The first-order chi connectivity index (χ1) is 33.9. The summed E-state index contributed by atoms with van der Waals surface area (Å²) in [5.74, 6) is 0. The van der Waals surface area contributed by atoms with E-state index in [9.17, 15) is 0 Å². The number of aryl methyl sites for hydroxylation is 4. The largest absolute Gasteiger partial charge is 0.310 e. The number of anilines is 6. The lowest BCUT2D eigenvalue weighted by Gasteiger charge is -2.30. The van der Waals surface area contributed by atoms with E-state index in [-0.39, 0.29) is 10.8 Å². The fraction of sp³-hybridized carbons (Fsp3) is 0.149. The fourth-order valence-corrected chi connectivity index (χ4v) is 11.0. The van der Waals surface area contributed by atoms with E-state index in [4.69, 9.17) is 4.98 Å². The van der Waals surface area contributed by atoms with Crippen molar-refractivity contribution in [3.63, 3.8) is 0 Å². The molecule has 0 atom stereocenters. The van der Waals surface area contributed by atoms with Crippen LogP contribution < -0.4 is 9.80 Å². The molecule has 3 nitrogen and oxygen atoms in total. The Morgan fingerprint density at radius 1 is 0.343 bits per heavy atom. The van der Waals surface area contributed by atoms with E-state index in [0.29, 0.717) is 0 Å². The van der Waals surface area contributed by atoms with Crippen molar-refractivity contribution in [2.45, 2.75) is 66.2 Å². The maximum atomic E-state index is 4.87. The number of para-hydroxylation sites is 4. The van der Waals surface area contributed by atoms with Gasteiger partial charge in [-0.1, -0.05) is 173 Å². The summed E-state index contributed by atoms with van der Waals surface area (Å²) in [5.41, 5.74) is 26.7. The van der Waals surface area contributed by atoms with Gasteiger partial charge in [-0.2, -0.15) is 0 Å². The molecule has 3 heteroatoms. The summed E-state index contributed by atoms with van der Waals surface area (Å²) < 4.78 is 0. The molecule has 2 aliphatic carbocycles. The van der Waals surface area contributed by atoms with E-state index in [1.54, 1.807) is 0 Å². The average Bonchev–Trinajstić information content (AvgIpc) is 3.73. The van der Waals surface area contributed by atoms with Crippen molar-refractivity contribution in [2.75, 3.05) is 9.80 Å². The van der Waals surface area contributed by atoms with E-state index >= 15 is 0 Å². The number of aromatic nitrogens is 1. The van der Waals surface area contributed by atoms with Crippen LogP contribution in [0.2, 0.25) is 0 Å². The molecule has 0 aliphatic heterocycles. The predicted molar refractivity (Wildman–Crippen MR) is 298 cm³/mol. The third kappa shape index (κ3) is 7.76. The number of nitrogens with zero attached hydrogens (tertiary/aromatic N) is 3. The minimum absolute atomic E-state index is 0.170. The van der Waals surface area contributed by atoms with Gasteiger partial charge in [0.05, 0.1) is 5.69 Å². The van der Waals surface area contributed by atoms with Crippen molar-refractivity contribution < 1.29 is 0 Å². The molecule has 0 N–H and O–H groups in total. The molecule has 0 saturated carbocycles. The van der Waals surface area contributed by atoms with Crippen molar-refractivity contribution in [2.24, 2.45) is 0 Å². The molecule has 0 amide bonds. The Kier molecular flexibility index (Phi) is 11.1. The highest BCUT2D eigenvalue weighted by molar-refractivity contribution is 5.90. The monoisotopic (exact) mass is 905 g/mol. The van der Waals surface area contributed by atoms with Gasteiger partial charge in [-0.15, -0.1) is 0 Å². The van der Waals surface area contributed by atoms with Crippen molar-refractivity contribution in [3.8, 4) is 22.3 Å². The summed E-state index contributed by atoms with van der Waals surface area (Å²) in [6.45, 7) is 18.2. The third-order valence-corrected chi connectivity index (χ3v) is 15.0. The molecule has 8 aromatic carbocycles. The summed E-state index contributed by atoms with van der Waals surface area (Å²) in [5, 5.41) is 0. The smallest absolute Gasteiger partial charge is 0.0630 e. The minimum Gasteiger partial charge on any atom is -0.310 e. The maximum absolute atomic E-state index is 4.87. The Balaban J connectivity index is 0.806. The third-order valence-electron chi connectivity index (χ3n) is 15.0.